The number of allylic oxidation sites excluding steroid dienone is 18. The number of hydrogen-bond donors (Lipinski definition) is 0. The average molecular weight is 887 g/mol. The van der Waals surface area contributed by atoms with Crippen molar-refractivity contribution in [3.05, 3.63) is 109 Å². The molecule has 0 amide bonds. The summed E-state index contributed by atoms with van der Waals surface area (Å²) < 4.78 is 16.7. The lowest BCUT2D eigenvalue weighted by Gasteiger charge is -2.18. The van der Waals surface area contributed by atoms with Gasteiger partial charge in [-0.25, -0.2) is 0 Å². The first-order chi connectivity index (χ1) is 31.5. The zero-order chi connectivity index (χ0) is 46.5. The van der Waals surface area contributed by atoms with Crippen LogP contribution in [-0.4, -0.2) is 37.2 Å². The molecule has 0 aromatic rings. The number of hydrogen-bond acceptors (Lipinski definition) is 6. The Bertz CT molecular complexity index is 1340. The van der Waals surface area contributed by atoms with Gasteiger partial charge in [0.25, 0.3) is 0 Å². The first-order valence-electron chi connectivity index (χ1n) is 25.9. The van der Waals surface area contributed by atoms with Gasteiger partial charge in [0.1, 0.15) is 13.2 Å². The molecule has 0 aliphatic heterocycles. The third-order valence-electron chi connectivity index (χ3n) is 10.5. The van der Waals surface area contributed by atoms with Crippen LogP contribution in [0.4, 0.5) is 0 Å². The first kappa shape index (κ1) is 60.1. The van der Waals surface area contributed by atoms with Crippen LogP contribution < -0.4 is 0 Å². The summed E-state index contributed by atoms with van der Waals surface area (Å²) in [6.07, 6.45) is 69.5. The van der Waals surface area contributed by atoms with Crippen LogP contribution in [0.2, 0.25) is 0 Å². The fourth-order valence-corrected chi connectivity index (χ4v) is 6.63. The number of unbranched alkanes of at least 4 members (excludes halogenated alkanes) is 16. The fourth-order valence-electron chi connectivity index (χ4n) is 6.63. The third kappa shape index (κ3) is 49.1. The molecule has 0 radical (unpaired) electrons. The Morgan fingerprint density at radius 1 is 0.328 bits per heavy atom. The van der Waals surface area contributed by atoms with Crippen molar-refractivity contribution >= 4 is 17.9 Å². The van der Waals surface area contributed by atoms with Crippen LogP contribution >= 0.6 is 0 Å². The molecule has 0 spiro atoms. The van der Waals surface area contributed by atoms with Crippen LogP contribution in [0, 0.1) is 0 Å². The Morgan fingerprint density at radius 3 is 1.06 bits per heavy atom. The third-order valence-corrected chi connectivity index (χ3v) is 10.5. The van der Waals surface area contributed by atoms with Crippen LogP contribution in [0.1, 0.15) is 220 Å². The Kier molecular flexibility index (Phi) is 48.5. The van der Waals surface area contributed by atoms with E-state index in [1.54, 1.807) is 0 Å². The second kappa shape index (κ2) is 51.7. The molecule has 0 N–H and O–H groups in total. The number of esters is 3. The number of carbonyl (C=O) groups excluding carboxylic acids is 3. The normalized spacial score (nSPS) is 13.0. The number of ether oxygens (including phenoxy) is 3. The Hall–Kier alpha value is -3.93. The predicted octanol–water partition coefficient (Wildman–Crippen LogP) is 17.1. The number of carbonyl (C=O) groups is 3. The molecule has 6 heteroatoms. The molecule has 1 atom stereocenters. The van der Waals surface area contributed by atoms with E-state index in [1.165, 1.54) is 51.4 Å². The summed E-state index contributed by atoms with van der Waals surface area (Å²) in [7, 11) is 0. The van der Waals surface area contributed by atoms with Crippen LogP contribution in [0.25, 0.3) is 0 Å². The van der Waals surface area contributed by atoms with Gasteiger partial charge in [-0.2, -0.15) is 0 Å². The average Bonchev–Trinajstić information content (AvgIpc) is 3.29. The molecular weight excluding hydrogens is 793 g/mol. The molecule has 0 fully saturated rings. The van der Waals surface area contributed by atoms with E-state index in [-0.39, 0.29) is 31.1 Å². The molecule has 0 heterocycles. The molecule has 0 aliphatic rings. The van der Waals surface area contributed by atoms with Crippen LogP contribution in [0.3, 0.4) is 0 Å². The van der Waals surface area contributed by atoms with E-state index in [4.69, 9.17) is 14.2 Å². The van der Waals surface area contributed by atoms with Gasteiger partial charge < -0.3 is 14.2 Å². The first-order valence-corrected chi connectivity index (χ1v) is 25.9. The topological polar surface area (TPSA) is 78.9 Å². The van der Waals surface area contributed by atoms with Crippen molar-refractivity contribution in [2.24, 2.45) is 0 Å². The van der Waals surface area contributed by atoms with Gasteiger partial charge in [-0.1, -0.05) is 207 Å². The Balaban J connectivity index is 4.32. The molecule has 0 aromatic carbocycles. The highest BCUT2D eigenvalue weighted by Gasteiger charge is 2.19. The van der Waals surface area contributed by atoms with Gasteiger partial charge in [0.05, 0.1) is 0 Å². The van der Waals surface area contributed by atoms with Crippen molar-refractivity contribution in [1.82, 2.24) is 0 Å². The predicted molar refractivity (Wildman–Crippen MR) is 274 cm³/mol. The standard InChI is InChI=1S/C58H94O6/c1-4-7-10-13-16-19-21-22-23-24-25-26-27-28-29-30-31-32-33-34-35-36-37-40-42-45-48-51-57(60)63-54-55(53-62-56(59)50-47-44-41-38-18-15-12-9-6-3)64-58(61)52-49-46-43-39-20-17-14-11-8-5-2/h7,10-11,14,16,19,22-23,25-26,28-29,31-32,34-35,37,40,55H,4-6,8-9,12-13,15,17-18,20-21,24,27,30,33,36,38-39,41-54H2,1-3H3/b10-7-,14-11-,19-16-,23-22-,26-25-,29-28-,32-31-,35-34-,40-37-. The molecule has 0 saturated carbocycles. The van der Waals surface area contributed by atoms with Gasteiger partial charge in [0.15, 0.2) is 6.10 Å². The maximum absolute atomic E-state index is 12.7. The molecule has 362 valence electrons. The van der Waals surface area contributed by atoms with Crippen molar-refractivity contribution in [2.75, 3.05) is 13.2 Å². The molecule has 1 unspecified atom stereocenters. The van der Waals surface area contributed by atoms with E-state index in [9.17, 15) is 14.4 Å². The molecule has 64 heavy (non-hydrogen) atoms. The molecule has 0 bridgehead atoms. The van der Waals surface area contributed by atoms with E-state index < -0.39 is 6.10 Å². The van der Waals surface area contributed by atoms with Gasteiger partial charge in [-0.15, -0.1) is 0 Å². The lowest BCUT2D eigenvalue weighted by Crippen LogP contribution is -2.30. The van der Waals surface area contributed by atoms with E-state index in [0.717, 1.165) is 128 Å². The molecule has 0 aliphatic carbocycles. The summed E-state index contributed by atoms with van der Waals surface area (Å²) >= 11 is 0. The second-order valence-corrected chi connectivity index (χ2v) is 16.7. The largest absolute Gasteiger partial charge is 0.462 e. The van der Waals surface area contributed by atoms with E-state index in [1.807, 2.05) is 0 Å². The quantitative estimate of drug-likeness (QED) is 0.0262. The fraction of sp³-hybridized carbons (Fsp3) is 0.638. The lowest BCUT2D eigenvalue weighted by molar-refractivity contribution is -0.167. The summed E-state index contributed by atoms with van der Waals surface area (Å²) in [6.45, 7) is 6.38. The molecule has 0 saturated heterocycles. The van der Waals surface area contributed by atoms with Crippen molar-refractivity contribution in [3.63, 3.8) is 0 Å². The van der Waals surface area contributed by atoms with Gasteiger partial charge in [0, 0.05) is 19.3 Å². The summed E-state index contributed by atoms with van der Waals surface area (Å²) in [5.41, 5.74) is 0. The van der Waals surface area contributed by atoms with Crippen molar-refractivity contribution in [3.8, 4) is 0 Å². The minimum Gasteiger partial charge on any atom is -0.462 e. The van der Waals surface area contributed by atoms with Crippen LogP contribution in [-0.2, 0) is 28.6 Å². The summed E-state index contributed by atoms with van der Waals surface area (Å²) in [6, 6.07) is 0. The molecule has 6 nitrogen and oxygen atoms in total. The summed E-state index contributed by atoms with van der Waals surface area (Å²) in [4.78, 5) is 37.8. The van der Waals surface area contributed by atoms with Gasteiger partial charge in [-0.3, -0.25) is 14.4 Å². The smallest absolute Gasteiger partial charge is 0.306 e. The van der Waals surface area contributed by atoms with Crippen molar-refractivity contribution < 1.29 is 28.6 Å². The van der Waals surface area contributed by atoms with Gasteiger partial charge >= 0.3 is 17.9 Å². The minimum absolute atomic E-state index is 0.0958. The SMILES string of the molecule is CC/C=C\C/C=C\C/C=C\C/C=C\C/C=C\C/C=C\C/C=C\C/C=C\CCCCC(=O)OCC(COC(=O)CCCCCCCCCCC)OC(=O)CCCCCCC/C=C\CCC. The Morgan fingerprint density at radius 2 is 0.641 bits per heavy atom. The van der Waals surface area contributed by atoms with E-state index in [2.05, 4.69) is 130 Å². The van der Waals surface area contributed by atoms with Crippen LogP contribution in [0.15, 0.2) is 109 Å². The van der Waals surface area contributed by atoms with Gasteiger partial charge in [-0.05, 0) is 103 Å². The monoisotopic (exact) mass is 887 g/mol. The van der Waals surface area contributed by atoms with Gasteiger partial charge in [0.2, 0.25) is 0 Å². The maximum Gasteiger partial charge on any atom is 0.306 e. The lowest BCUT2D eigenvalue weighted by atomic mass is 10.1. The second-order valence-electron chi connectivity index (χ2n) is 16.7. The molecular formula is C58H94O6. The molecule has 0 rings (SSSR count). The highest BCUT2D eigenvalue weighted by atomic mass is 16.6. The van der Waals surface area contributed by atoms with Crippen molar-refractivity contribution in [1.29, 1.82) is 0 Å². The van der Waals surface area contributed by atoms with E-state index >= 15 is 0 Å². The Labute approximate surface area is 393 Å². The minimum atomic E-state index is -0.797. The summed E-state index contributed by atoms with van der Waals surface area (Å²) in [5, 5.41) is 0. The zero-order valence-corrected chi connectivity index (χ0v) is 41.3. The maximum atomic E-state index is 12.7. The van der Waals surface area contributed by atoms with Crippen LogP contribution in [0.5, 0.6) is 0 Å². The number of rotatable bonds is 45. The summed E-state index contributed by atoms with van der Waals surface area (Å²) in [5.74, 6) is -0.963. The molecule has 0 aromatic heterocycles. The van der Waals surface area contributed by atoms with E-state index in [0.29, 0.717) is 19.3 Å². The highest BCUT2D eigenvalue weighted by Crippen LogP contribution is 2.13. The van der Waals surface area contributed by atoms with Crippen molar-refractivity contribution in [2.45, 2.75) is 226 Å². The highest BCUT2D eigenvalue weighted by molar-refractivity contribution is 5.71. The zero-order valence-electron chi connectivity index (χ0n) is 41.3.